The molecular formula is C52H32F8N8S16. The van der Waals surface area contributed by atoms with Crippen LogP contribution in [0.1, 0.15) is 55.4 Å². The van der Waals surface area contributed by atoms with Gasteiger partial charge in [0.05, 0.1) is 71.7 Å². The minimum absolute atomic E-state index is 0.726. The van der Waals surface area contributed by atoms with E-state index >= 15 is 0 Å². The van der Waals surface area contributed by atoms with Crippen LogP contribution in [0.3, 0.4) is 0 Å². The molecular weight excluding hydrogens is 1400 g/mol. The lowest BCUT2D eigenvalue weighted by Gasteiger charge is -2.24. The third-order valence-corrected chi connectivity index (χ3v) is 37.8. The van der Waals surface area contributed by atoms with Gasteiger partial charge in [-0.25, -0.2) is 35.1 Å². The second-order valence-electron chi connectivity index (χ2n) is 17.3. The molecule has 2 aromatic carbocycles. The van der Waals surface area contributed by atoms with E-state index in [9.17, 15) is 35.1 Å². The molecule has 10 rings (SSSR count). The Bertz CT molecular complexity index is 3290. The summed E-state index contributed by atoms with van der Waals surface area (Å²) in [5, 5.41) is 67.7. The van der Waals surface area contributed by atoms with Crippen LogP contribution in [-0.4, -0.2) is 42.0 Å². The average Bonchev–Trinajstić information content (AvgIpc) is 3.36. The lowest BCUT2D eigenvalue weighted by atomic mass is 10.1. The van der Waals surface area contributed by atoms with Gasteiger partial charge in [-0.3, -0.25) is 0 Å². The zero-order chi connectivity index (χ0) is 61.8. The summed E-state index contributed by atoms with van der Waals surface area (Å²) >= 11 is 32.8. The molecule has 0 spiro atoms. The summed E-state index contributed by atoms with van der Waals surface area (Å²) < 4.78 is 128. The van der Waals surface area contributed by atoms with Gasteiger partial charge in [-0.05, 0) is 0 Å². The van der Waals surface area contributed by atoms with Crippen molar-refractivity contribution in [2.75, 3.05) is 0 Å². The standard InChI is InChI=1S/2C14H16S8.2C12F4N4/c2*1-5-6(2)16-10-9(15-5)19-13(20-10)14-21-11-12(22-14)18-8(4)7(3)17-11;2*13-9-7(5(1-17)2-18)10(14)12(16)8(11(9)15)6(3-19)4-20/h2*5-8H,1-4H3;;/t2*5-,6-,7-,8-;;/m00../s1. The molecule has 0 unspecified atom stereocenters. The Labute approximate surface area is 546 Å². The Morgan fingerprint density at radius 3 is 0.429 bits per heavy atom. The Morgan fingerprint density at radius 2 is 0.333 bits per heavy atom. The number of nitriles is 8. The molecule has 0 saturated carbocycles. The maximum absolute atomic E-state index is 13.6. The zero-order valence-corrected chi connectivity index (χ0v) is 56.8. The van der Waals surface area contributed by atoms with E-state index in [1.165, 1.54) is 16.9 Å². The van der Waals surface area contributed by atoms with Crippen molar-refractivity contribution < 1.29 is 35.1 Å². The normalized spacial score (nSPS) is 24.5. The van der Waals surface area contributed by atoms with Crippen LogP contribution in [0.2, 0.25) is 0 Å². The summed E-state index contributed by atoms with van der Waals surface area (Å²) in [6.45, 7) is 18.9. The van der Waals surface area contributed by atoms with Crippen molar-refractivity contribution in [2.45, 2.75) is 97.4 Å². The summed E-state index contributed by atoms with van der Waals surface area (Å²) in [5.41, 5.74) is -4.72. The number of benzene rings is 2. The molecule has 432 valence electrons. The lowest BCUT2D eigenvalue weighted by molar-refractivity contribution is 0.434. The molecule has 8 nitrogen and oxygen atoms in total. The van der Waals surface area contributed by atoms with E-state index in [-0.39, 0.29) is 0 Å². The van der Waals surface area contributed by atoms with Crippen molar-refractivity contribution in [2.24, 2.45) is 0 Å². The van der Waals surface area contributed by atoms with Gasteiger partial charge < -0.3 is 0 Å². The van der Waals surface area contributed by atoms with Gasteiger partial charge in [-0.1, -0.05) is 149 Å². The van der Waals surface area contributed by atoms with Crippen LogP contribution in [0.25, 0.3) is 22.3 Å². The molecule has 84 heavy (non-hydrogen) atoms. The van der Waals surface area contributed by atoms with Crippen molar-refractivity contribution in [3.8, 4) is 48.6 Å². The molecule has 32 heteroatoms. The molecule has 0 amide bonds. The van der Waals surface area contributed by atoms with E-state index in [2.05, 4.69) is 149 Å². The quantitative estimate of drug-likeness (QED) is 0.179. The Balaban J connectivity index is 0.000000161. The fourth-order valence-electron chi connectivity index (χ4n) is 6.81. The van der Waals surface area contributed by atoms with Gasteiger partial charge in [0.2, 0.25) is 0 Å². The molecule has 0 fully saturated rings. The van der Waals surface area contributed by atoms with Crippen LogP contribution in [-0.2, 0) is 0 Å². The number of thioether (sulfide) groups is 16. The molecule has 8 aliphatic rings. The second-order valence-corrected chi connectivity index (χ2v) is 39.6. The Kier molecular flexibility index (Phi) is 24.8. The SMILES string of the molecule is C[C@@H]1SC2=C(SC(=C3SC4=C(S3)S[C@@H](C)[C@H](C)S4)S2)S[C@H]1C.C[C@@H]1SC2=C(SC(=C3SC4=C(S3)S[C@@H](C)[C@H](C)S4)S2)S[C@H]1C.N#CC(C#N)=c1c(F)c(F)c(=C(C#N)C#N)c(F)c1F.N#CC(C#N)=c1c(F)c(F)c(=C(C#N)C#N)c(F)c1F. The van der Waals surface area contributed by atoms with Crippen molar-refractivity contribution >= 4 is 210 Å². The first-order chi connectivity index (χ1) is 39.9. The van der Waals surface area contributed by atoms with Gasteiger partial charge in [-0.15, -0.1) is 94.1 Å². The highest BCUT2D eigenvalue weighted by molar-refractivity contribution is 8.47. The van der Waals surface area contributed by atoms with Gasteiger partial charge in [0, 0.05) is 42.0 Å². The maximum Gasteiger partial charge on any atom is 0.171 e. The minimum atomic E-state index is -2.03. The predicted octanol–water partition coefficient (Wildman–Crippen LogP) is 17.0. The van der Waals surface area contributed by atoms with Crippen molar-refractivity contribution in [3.05, 3.63) is 118 Å². The maximum atomic E-state index is 13.6. The van der Waals surface area contributed by atoms with Gasteiger partial charge in [0.15, 0.2) is 46.5 Å². The molecule has 0 aromatic heterocycles. The summed E-state index contributed by atoms with van der Waals surface area (Å²) in [6, 6.07) is 8.69. The van der Waals surface area contributed by atoms with E-state index in [0.29, 0.717) is 0 Å². The number of hydrogen-bond acceptors (Lipinski definition) is 24. The van der Waals surface area contributed by atoms with Crippen LogP contribution >= 0.6 is 188 Å². The second kappa shape index (κ2) is 30.2. The van der Waals surface area contributed by atoms with Crippen molar-refractivity contribution in [1.29, 1.82) is 42.1 Å². The van der Waals surface area contributed by atoms with Crippen molar-refractivity contribution in [1.82, 2.24) is 0 Å². The largest absolute Gasteiger partial charge is 0.203 e. The van der Waals surface area contributed by atoms with E-state index in [4.69, 9.17) is 42.1 Å². The van der Waals surface area contributed by atoms with E-state index in [1.54, 1.807) is 33.9 Å². The number of nitrogens with zero attached hydrogens (tertiary/aromatic N) is 8. The molecule has 0 aliphatic carbocycles. The highest BCUT2D eigenvalue weighted by atomic mass is 32.3. The highest BCUT2D eigenvalue weighted by Gasteiger charge is 2.40. The average molecular weight is 1430 g/mol. The smallest absolute Gasteiger partial charge is 0.171 e. The first kappa shape index (κ1) is 68.8. The summed E-state index contributed by atoms with van der Waals surface area (Å²) in [5.74, 6) is -16.2. The monoisotopic (exact) mass is 1430 g/mol. The Morgan fingerprint density at radius 1 is 0.226 bits per heavy atom. The zero-order valence-electron chi connectivity index (χ0n) is 43.8. The van der Waals surface area contributed by atoms with Crippen LogP contribution < -0.4 is 20.9 Å². The van der Waals surface area contributed by atoms with Crippen LogP contribution in [0.5, 0.6) is 0 Å². The lowest BCUT2D eigenvalue weighted by Crippen LogP contribution is -2.31. The molecule has 2 aromatic rings. The van der Waals surface area contributed by atoms with Gasteiger partial charge in [-0.2, -0.15) is 42.1 Å². The molecule has 0 N–H and O–H groups in total. The Hall–Kier alpha value is -2.68. The van der Waals surface area contributed by atoms with Gasteiger partial charge in [0.25, 0.3) is 0 Å². The molecule has 0 saturated heterocycles. The molecule has 8 aliphatic heterocycles. The van der Waals surface area contributed by atoms with Crippen LogP contribution in [0.15, 0.2) is 50.8 Å². The van der Waals surface area contributed by atoms with Gasteiger partial charge >= 0.3 is 0 Å². The first-order valence-electron chi connectivity index (χ1n) is 23.5. The predicted molar refractivity (Wildman–Crippen MR) is 349 cm³/mol. The molecule has 8 atom stereocenters. The number of halogens is 8. The summed E-state index contributed by atoms with van der Waals surface area (Å²) in [6.07, 6.45) is 0. The topological polar surface area (TPSA) is 190 Å². The minimum Gasteiger partial charge on any atom is -0.203 e. The van der Waals surface area contributed by atoms with E-state index in [1.807, 2.05) is 94.1 Å². The van der Waals surface area contributed by atoms with Crippen LogP contribution in [0, 0.1) is 137 Å². The molecule has 8 heterocycles. The van der Waals surface area contributed by atoms with Gasteiger partial charge in [0.1, 0.15) is 70.8 Å². The van der Waals surface area contributed by atoms with Crippen molar-refractivity contribution in [3.63, 3.8) is 0 Å². The third-order valence-electron chi connectivity index (χ3n) is 11.9. The molecule has 0 bridgehead atoms. The highest BCUT2D eigenvalue weighted by Crippen LogP contribution is 2.71. The third kappa shape index (κ3) is 14.8. The van der Waals surface area contributed by atoms with E-state index in [0.717, 1.165) is 90.6 Å². The first-order valence-corrected chi connectivity index (χ1v) is 37.1. The summed E-state index contributed by atoms with van der Waals surface area (Å²) in [7, 11) is 0. The molecule has 0 radical (unpaired) electrons. The summed E-state index contributed by atoms with van der Waals surface area (Å²) in [4.78, 5) is 0. The van der Waals surface area contributed by atoms with Crippen LogP contribution in [0.4, 0.5) is 35.1 Å². The fraction of sp³-hybridized carbons (Fsp3) is 0.308. The number of hydrogen-bond donors (Lipinski definition) is 0. The fourth-order valence-corrected chi connectivity index (χ4v) is 33.2. The van der Waals surface area contributed by atoms with E-state index < -0.39 is 89.7 Å². The number of rotatable bonds is 0.